The van der Waals surface area contributed by atoms with Crippen LogP contribution in [0.2, 0.25) is 0 Å². The molecule has 0 radical (unpaired) electrons. The first-order valence-electron chi connectivity index (χ1n) is 6.32. The maximum absolute atomic E-state index is 11.2. The molecule has 0 saturated carbocycles. The van der Waals surface area contributed by atoms with E-state index in [-0.39, 0.29) is 6.16 Å². The summed E-state index contributed by atoms with van der Waals surface area (Å²) < 4.78 is 11.2. The average molecular weight is 291 g/mol. The summed E-state index contributed by atoms with van der Waals surface area (Å²) in [5.74, 6) is 0. The van der Waals surface area contributed by atoms with Gasteiger partial charge in [0.1, 0.15) is 0 Å². The first-order valence-corrected chi connectivity index (χ1v) is 8.12. The van der Waals surface area contributed by atoms with Crippen molar-refractivity contribution in [3.63, 3.8) is 0 Å². The van der Waals surface area contributed by atoms with Crippen LogP contribution in [0.15, 0.2) is 42.5 Å². The zero-order chi connectivity index (χ0) is 14.8. The second-order valence-electron chi connectivity index (χ2n) is 4.85. The van der Waals surface area contributed by atoms with E-state index in [2.05, 4.69) is 5.32 Å². The fourth-order valence-corrected chi connectivity index (χ4v) is 2.75. The van der Waals surface area contributed by atoms with Crippen LogP contribution in [0.4, 0.5) is 11.4 Å². The molecule has 5 heteroatoms. The Kier molecular flexibility index (Phi) is 4.29. The molecule has 0 aliphatic rings. The zero-order valence-corrected chi connectivity index (χ0v) is 12.4. The molecule has 0 heterocycles. The number of nitrogens with one attached hydrogen (secondary N) is 1. The Bertz CT molecular complexity index is 664. The maximum Gasteiger partial charge on any atom is 0.329 e. The molecule has 2 aromatic rings. The minimum Gasteiger partial charge on any atom is -0.355 e. The molecule has 4 nitrogen and oxygen atoms in total. The van der Waals surface area contributed by atoms with Crippen LogP contribution in [0.5, 0.6) is 0 Å². The normalized spacial score (nSPS) is 11.4. The number of aryl methyl sites for hydroxylation is 1. The van der Waals surface area contributed by atoms with Gasteiger partial charge in [-0.25, -0.2) is 0 Å². The maximum atomic E-state index is 11.2. The van der Waals surface area contributed by atoms with Crippen molar-refractivity contribution in [3.8, 4) is 0 Å². The molecule has 0 spiro atoms. The van der Waals surface area contributed by atoms with E-state index in [4.69, 9.17) is 9.79 Å². The predicted molar refractivity (Wildman–Crippen MR) is 81.4 cm³/mol. The molecule has 0 fully saturated rings. The van der Waals surface area contributed by atoms with Crippen molar-refractivity contribution >= 4 is 19.0 Å². The van der Waals surface area contributed by atoms with Crippen molar-refractivity contribution in [1.82, 2.24) is 0 Å². The lowest BCUT2D eigenvalue weighted by Gasteiger charge is -2.15. The van der Waals surface area contributed by atoms with Gasteiger partial charge in [-0.15, -0.1) is 0 Å². The van der Waals surface area contributed by atoms with Crippen LogP contribution in [0, 0.1) is 13.8 Å². The summed E-state index contributed by atoms with van der Waals surface area (Å²) in [6, 6.07) is 13.1. The van der Waals surface area contributed by atoms with Gasteiger partial charge in [0.25, 0.3) is 0 Å². The van der Waals surface area contributed by atoms with E-state index in [0.29, 0.717) is 5.56 Å². The summed E-state index contributed by atoms with van der Waals surface area (Å²) >= 11 is 0. The molecule has 3 N–H and O–H groups in total. The minimum atomic E-state index is -4.08. The van der Waals surface area contributed by atoms with Crippen molar-refractivity contribution in [2.24, 2.45) is 0 Å². The van der Waals surface area contributed by atoms with E-state index in [0.717, 1.165) is 16.9 Å². The summed E-state index contributed by atoms with van der Waals surface area (Å²) in [7, 11) is -4.08. The smallest absolute Gasteiger partial charge is 0.329 e. The Morgan fingerprint density at radius 1 is 1.00 bits per heavy atom. The van der Waals surface area contributed by atoms with Crippen molar-refractivity contribution in [2.75, 3.05) is 5.32 Å². The third kappa shape index (κ3) is 3.70. The number of benzene rings is 2. The zero-order valence-electron chi connectivity index (χ0n) is 11.5. The van der Waals surface area contributed by atoms with Crippen molar-refractivity contribution in [2.45, 2.75) is 20.0 Å². The fourth-order valence-electron chi connectivity index (χ4n) is 2.03. The molecule has 0 atom stereocenters. The summed E-state index contributed by atoms with van der Waals surface area (Å²) in [5.41, 5.74) is 4.58. The van der Waals surface area contributed by atoms with Gasteiger partial charge in [0, 0.05) is 11.4 Å². The van der Waals surface area contributed by atoms with Gasteiger partial charge in [-0.2, -0.15) is 0 Å². The predicted octanol–water partition coefficient (Wildman–Crippen LogP) is 3.72. The number of anilines is 2. The van der Waals surface area contributed by atoms with Crippen LogP contribution in [0.25, 0.3) is 0 Å². The first kappa shape index (κ1) is 14.8. The lowest BCUT2D eigenvalue weighted by Crippen LogP contribution is -1.99. The number of rotatable bonds is 4. The van der Waals surface area contributed by atoms with Crippen LogP contribution >= 0.6 is 7.60 Å². The lowest BCUT2D eigenvalue weighted by atomic mass is 10.1. The Balaban J connectivity index is 2.34. The van der Waals surface area contributed by atoms with Gasteiger partial charge in [0.2, 0.25) is 0 Å². The van der Waals surface area contributed by atoms with Gasteiger partial charge >= 0.3 is 7.60 Å². The third-order valence-corrected chi connectivity index (χ3v) is 4.02. The topological polar surface area (TPSA) is 69.6 Å². The van der Waals surface area contributed by atoms with E-state index >= 15 is 0 Å². The molecule has 20 heavy (non-hydrogen) atoms. The Morgan fingerprint density at radius 3 is 2.35 bits per heavy atom. The average Bonchev–Trinajstić information content (AvgIpc) is 2.35. The SMILES string of the molecule is Cc1cccc(Nc2ccccc2CP(=O)(O)O)c1C. The molecule has 0 saturated heterocycles. The second kappa shape index (κ2) is 5.80. The Morgan fingerprint density at radius 2 is 1.65 bits per heavy atom. The second-order valence-corrected chi connectivity index (χ2v) is 6.50. The standard InChI is InChI=1S/C15H18NO3P/c1-11-6-5-9-14(12(11)2)16-15-8-4-3-7-13(15)10-20(17,18)19/h3-9,16H,10H2,1-2H3,(H2,17,18,19). The molecule has 2 aromatic carbocycles. The molecule has 0 aromatic heterocycles. The van der Waals surface area contributed by atoms with Gasteiger partial charge in [0.15, 0.2) is 0 Å². The monoisotopic (exact) mass is 291 g/mol. The van der Waals surface area contributed by atoms with Crippen LogP contribution in [0.3, 0.4) is 0 Å². The number of hydrogen-bond donors (Lipinski definition) is 3. The van der Waals surface area contributed by atoms with E-state index in [9.17, 15) is 4.57 Å². The van der Waals surface area contributed by atoms with E-state index in [1.54, 1.807) is 12.1 Å². The summed E-state index contributed by atoms with van der Waals surface area (Å²) in [6.07, 6.45) is -0.263. The van der Waals surface area contributed by atoms with E-state index in [1.165, 1.54) is 5.56 Å². The van der Waals surface area contributed by atoms with Gasteiger partial charge in [-0.3, -0.25) is 4.57 Å². The molecular formula is C15H18NO3P. The minimum absolute atomic E-state index is 0.263. The van der Waals surface area contributed by atoms with Crippen LogP contribution in [-0.4, -0.2) is 9.79 Å². The van der Waals surface area contributed by atoms with Crippen LogP contribution < -0.4 is 5.32 Å². The Labute approximate surface area is 118 Å². The number of para-hydroxylation sites is 1. The van der Waals surface area contributed by atoms with Crippen LogP contribution in [-0.2, 0) is 10.7 Å². The van der Waals surface area contributed by atoms with Crippen molar-refractivity contribution in [3.05, 3.63) is 59.2 Å². The number of hydrogen-bond acceptors (Lipinski definition) is 2. The van der Waals surface area contributed by atoms with E-state index in [1.807, 2.05) is 44.2 Å². The fraction of sp³-hybridized carbons (Fsp3) is 0.200. The van der Waals surface area contributed by atoms with Crippen LogP contribution in [0.1, 0.15) is 16.7 Å². The first-order chi connectivity index (χ1) is 9.37. The largest absolute Gasteiger partial charge is 0.355 e. The molecule has 0 aliphatic carbocycles. The van der Waals surface area contributed by atoms with Gasteiger partial charge in [-0.05, 0) is 42.7 Å². The highest BCUT2D eigenvalue weighted by molar-refractivity contribution is 7.50. The summed E-state index contributed by atoms with van der Waals surface area (Å²) in [5, 5.41) is 3.26. The molecule has 106 valence electrons. The van der Waals surface area contributed by atoms with Crippen molar-refractivity contribution in [1.29, 1.82) is 0 Å². The molecule has 2 rings (SSSR count). The highest BCUT2D eigenvalue weighted by atomic mass is 31.2. The van der Waals surface area contributed by atoms with Gasteiger partial charge in [0.05, 0.1) is 6.16 Å². The lowest BCUT2D eigenvalue weighted by molar-refractivity contribution is 0.372. The highest BCUT2D eigenvalue weighted by Crippen LogP contribution is 2.41. The Hall–Kier alpha value is -1.61. The molecular weight excluding hydrogens is 273 g/mol. The van der Waals surface area contributed by atoms with Gasteiger partial charge in [-0.1, -0.05) is 30.3 Å². The molecule has 0 unspecified atom stereocenters. The molecule has 0 aliphatic heterocycles. The quantitative estimate of drug-likeness (QED) is 0.751. The van der Waals surface area contributed by atoms with Crippen molar-refractivity contribution < 1.29 is 14.4 Å². The summed E-state index contributed by atoms with van der Waals surface area (Å²) in [6.45, 7) is 4.05. The van der Waals surface area contributed by atoms with Gasteiger partial charge < -0.3 is 15.1 Å². The summed E-state index contributed by atoms with van der Waals surface area (Å²) in [4.78, 5) is 18.3. The highest BCUT2D eigenvalue weighted by Gasteiger charge is 2.16. The molecule has 0 amide bonds. The third-order valence-electron chi connectivity index (χ3n) is 3.27. The van der Waals surface area contributed by atoms with E-state index < -0.39 is 7.60 Å². The molecule has 0 bridgehead atoms.